The van der Waals surface area contributed by atoms with Gasteiger partial charge in [-0.3, -0.25) is 0 Å². The van der Waals surface area contributed by atoms with Crippen LogP contribution in [-0.4, -0.2) is 4.98 Å². The summed E-state index contributed by atoms with van der Waals surface area (Å²) in [5.41, 5.74) is 0.972. The van der Waals surface area contributed by atoms with Gasteiger partial charge in [-0.1, -0.05) is 69.6 Å². The van der Waals surface area contributed by atoms with Crippen molar-refractivity contribution in [3.63, 3.8) is 0 Å². The molecular weight excluding hydrogens is 450 g/mol. The second-order valence-electron chi connectivity index (χ2n) is 5.02. The minimum absolute atomic E-state index is 0.0359. The molecule has 2 aromatic carbocycles. The van der Waals surface area contributed by atoms with Gasteiger partial charge >= 0.3 is 0 Å². The molecule has 0 saturated heterocycles. The molecule has 3 aromatic rings. The highest BCUT2D eigenvalue weighted by Gasteiger charge is 2.19. The fourth-order valence-corrected chi connectivity index (χ4v) is 4.32. The average molecular weight is 456 g/mol. The molecule has 1 nitrogen and oxygen atoms in total. The third-order valence-electron chi connectivity index (χ3n) is 3.35. The zero-order chi connectivity index (χ0) is 18.3. The molecule has 1 aromatic heterocycles. The molecule has 0 bridgehead atoms. The Balaban J connectivity index is 2.25. The summed E-state index contributed by atoms with van der Waals surface area (Å²) in [7, 11) is 0. The lowest BCUT2D eigenvalue weighted by Crippen LogP contribution is -1.95. The standard InChI is InChI=1S/C17H6Cl6FN/c18-7-3-9(20)15(10(21)4-7)14-2-1-13(24)17(25-14)16-11(22)5-8(19)6-12(16)23/h1-6H. The molecule has 0 fully saturated rings. The van der Waals surface area contributed by atoms with Crippen LogP contribution < -0.4 is 0 Å². The van der Waals surface area contributed by atoms with Gasteiger partial charge in [-0.05, 0) is 36.4 Å². The van der Waals surface area contributed by atoms with Crippen molar-refractivity contribution in [3.05, 3.63) is 72.4 Å². The monoisotopic (exact) mass is 453 g/mol. The number of aromatic nitrogens is 1. The summed E-state index contributed by atoms with van der Waals surface area (Å²) in [6, 6.07) is 8.66. The van der Waals surface area contributed by atoms with Crippen molar-refractivity contribution in [2.75, 3.05) is 0 Å². The van der Waals surface area contributed by atoms with Gasteiger partial charge in [0.05, 0.1) is 25.8 Å². The number of rotatable bonds is 2. The van der Waals surface area contributed by atoms with Gasteiger partial charge in [-0.15, -0.1) is 0 Å². The quantitative estimate of drug-likeness (QED) is 0.377. The molecule has 0 saturated carbocycles. The van der Waals surface area contributed by atoms with Gasteiger partial charge in [0.15, 0.2) is 0 Å². The highest BCUT2D eigenvalue weighted by molar-refractivity contribution is 6.42. The molecule has 8 heteroatoms. The summed E-state index contributed by atoms with van der Waals surface area (Å²) in [5, 5.41) is 1.64. The molecule has 0 aliphatic carbocycles. The van der Waals surface area contributed by atoms with Crippen molar-refractivity contribution < 1.29 is 4.39 Å². The summed E-state index contributed by atoms with van der Waals surface area (Å²) < 4.78 is 14.4. The Hall–Kier alpha value is -0.740. The van der Waals surface area contributed by atoms with Crippen LogP contribution in [0.1, 0.15) is 0 Å². The number of pyridine rings is 1. The van der Waals surface area contributed by atoms with Crippen LogP contribution in [0.25, 0.3) is 22.5 Å². The second-order valence-corrected chi connectivity index (χ2v) is 7.52. The summed E-state index contributed by atoms with van der Waals surface area (Å²) in [6.07, 6.45) is 0. The van der Waals surface area contributed by atoms with Crippen molar-refractivity contribution >= 4 is 69.6 Å². The molecule has 0 atom stereocenters. The molecule has 1 heterocycles. The Labute approximate surface area is 173 Å². The molecule has 0 aliphatic rings. The summed E-state index contributed by atoms with van der Waals surface area (Å²) in [6.45, 7) is 0. The molecule has 0 N–H and O–H groups in total. The van der Waals surface area contributed by atoms with Gasteiger partial charge in [-0.25, -0.2) is 9.37 Å². The largest absolute Gasteiger partial charge is 0.244 e. The Morgan fingerprint density at radius 2 is 1.08 bits per heavy atom. The molecule has 0 spiro atoms. The van der Waals surface area contributed by atoms with E-state index >= 15 is 0 Å². The van der Waals surface area contributed by atoms with Crippen LogP contribution in [0.4, 0.5) is 4.39 Å². The maximum Gasteiger partial charge on any atom is 0.149 e. The van der Waals surface area contributed by atoms with Crippen molar-refractivity contribution in [2.24, 2.45) is 0 Å². The SMILES string of the molecule is Fc1ccc(-c2c(Cl)cc(Cl)cc2Cl)nc1-c1c(Cl)cc(Cl)cc1Cl. The van der Waals surface area contributed by atoms with E-state index in [1.807, 2.05) is 0 Å². The minimum atomic E-state index is -0.601. The normalized spacial score (nSPS) is 11.0. The van der Waals surface area contributed by atoms with Crippen molar-refractivity contribution in [1.82, 2.24) is 4.98 Å². The van der Waals surface area contributed by atoms with Crippen LogP contribution in [0.5, 0.6) is 0 Å². The lowest BCUT2D eigenvalue weighted by atomic mass is 10.1. The van der Waals surface area contributed by atoms with Crippen LogP contribution in [0.2, 0.25) is 30.1 Å². The Morgan fingerprint density at radius 1 is 0.640 bits per heavy atom. The van der Waals surface area contributed by atoms with Crippen molar-refractivity contribution in [3.8, 4) is 22.5 Å². The molecule has 0 aliphatic heterocycles. The molecule has 128 valence electrons. The van der Waals surface area contributed by atoms with Gasteiger partial charge in [0, 0.05) is 21.2 Å². The third kappa shape index (κ3) is 3.85. The minimum Gasteiger partial charge on any atom is -0.244 e. The average Bonchev–Trinajstić information content (AvgIpc) is 2.48. The maximum absolute atomic E-state index is 14.4. The second kappa shape index (κ2) is 7.48. The predicted octanol–water partition coefficient (Wildman–Crippen LogP) is 8.48. The zero-order valence-corrected chi connectivity index (χ0v) is 16.6. The van der Waals surface area contributed by atoms with Crippen LogP contribution in [0, 0.1) is 5.82 Å². The van der Waals surface area contributed by atoms with E-state index in [4.69, 9.17) is 69.6 Å². The summed E-state index contributed by atoms with van der Waals surface area (Å²) >= 11 is 36.6. The van der Waals surface area contributed by atoms with Crippen LogP contribution in [0.15, 0.2) is 36.4 Å². The maximum atomic E-state index is 14.4. The van der Waals surface area contributed by atoms with E-state index in [9.17, 15) is 4.39 Å². The lowest BCUT2D eigenvalue weighted by Gasteiger charge is -2.12. The number of nitrogens with zero attached hydrogens (tertiary/aromatic N) is 1. The van der Waals surface area contributed by atoms with Crippen LogP contribution in [-0.2, 0) is 0 Å². The first-order valence-corrected chi connectivity index (χ1v) is 9.01. The topological polar surface area (TPSA) is 12.9 Å². The highest BCUT2D eigenvalue weighted by Crippen LogP contribution is 2.40. The fraction of sp³-hybridized carbons (Fsp3) is 0. The van der Waals surface area contributed by atoms with E-state index in [-0.39, 0.29) is 31.3 Å². The van der Waals surface area contributed by atoms with Gasteiger partial charge in [0.25, 0.3) is 0 Å². The predicted molar refractivity (Wildman–Crippen MR) is 105 cm³/mol. The number of hydrogen-bond acceptors (Lipinski definition) is 1. The first-order valence-electron chi connectivity index (χ1n) is 6.74. The van der Waals surface area contributed by atoms with Gasteiger partial charge < -0.3 is 0 Å². The number of benzene rings is 2. The van der Waals surface area contributed by atoms with E-state index < -0.39 is 5.82 Å². The van der Waals surface area contributed by atoms with Crippen molar-refractivity contribution in [1.29, 1.82) is 0 Å². The first kappa shape index (κ1) is 19.0. The van der Waals surface area contributed by atoms with Crippen LogP contribution >= 0.6 is 69.6 Å². The number of hydrogen-bond donors (Lipinski definition) is 0. The Bertz CT molecular complexity index is 943. The number of halogens is 7. The molecular formula is C17H6Cl6FN. The molecule has 0 amide bonds. The zero-order valence-electron chi connectivity index (χ0n) is 12.1. The van der Waals surface area contributed by atoms with Crippen LogP contribution in [0.3, 0.4) is 0 Å². The van der Waals surface area contributed by atoms with E-state index in [0.717, 1.165) is 0 Å². The molecule has 0 unspecified atom stereocenters. The lowest BCUT2D eigenvalue weighted by molar-refractivity contribution is 0.626. The van der Waals surface area contributed by atoms with Gasteiger partial charge in [0.1, 0.15) is 11.5 Å². The van der Waals surface area contributed by atoms with Gasteiger partial charge in [-0.2, -0.15) is 0 Å². The first-order chi connectivity index (χ1) is 11.8. The molecule has 25 heavy (non-hydrogen) atoms. The van der Waals surface area contributed by atoms with E-state index in [0.29, 0.717) is 21.3 Å². The highest BCUT2D eigenvalue weighted by atomic mass is 35.5. The third-order valence-corrected chi connectivity index (χ3v) is 4.98. The summed E-state index contributed by atoms with van der Waals surface area (Å²) in [4.78, 5) is 4.32. The molecule has 0 radical (unpaired) electrons. The van der Waals surface area contributed by atoms with Gasteiger partial charge in [0.2, 0.25) is 0 Å². The Morgan fingerprint density at radius 3 is 1.56 bits per heavy atom. The fourth-order valence-electron chi connectivity index (χ4n) is 2.31. The smallest absolute Gasteiger partial charge is 0.149 e. The van der Waals surface area contributed by atoms with E-state index in [1.54, 1.807) is 0 Å². The Kier molecular flexibility index (Phi) is 5.69. The molecule has 3 rings (SSSR count). The van der Waals surface area contributed by atoms with Crippen molar-refractivity contribution in [2.45, 2.75) is 0 Å². The van der Waals surface area contributed by atoms with E-state index in [1.165, 1.54) is 36.4 Å². The van der Waals surface area contributed by atoms with E-state index in [2.05, 4.69) is 4.98 Å². The summed E-state index contributed by atoms with van der Waals surface area (Å²) in [5.74, 6) is -0.601.